The summed E-state index contributed by atoms with van der Waals surface area (Å²) in [5.74, 6) is -0.956. The first-order valence-electron chi connectivity index (χ1n) is 6.80. The van der Waals surface area contributed by atoms with Crippen LogP contribution in [0.2, 0.25) is 0 Å². The Labute approximate surface area is 121 Å². The zero-order valence-electron chi connectivity index (χ0n) is 11.3. The minimum Gasteiger partial charge on any atom is -0.480 e. The van der Waals surface area contributed by atoms with Crippen molar-refractivity contribution in [1.82, 2.24) is 9.88 Å². The summed E-state index contributed by atoms with van der Waals surface area (Å²) in [6, 6.07) is 6.31. The lowest BCUT2D eigenvalue weighted by Crippen LogP contribution is -2.42. The Morgan fingerprint density at radius 2 is 2.19 bits per heavy atom. The summed E-state index contributed by atoms with van der Waals surface area (Å²) in [5, 5.41) is 13.7. The van der Waals surface area contributed by atoms with E-state index in [1.165, 1.54) is 4.90 Å². The van der Waals surface area contributed by atoms with Crippen molar-refractivity contribution >= 4 is 28.5 Å². The van der Waals surface area contributed by atoms with Crippen molar-refractivity contribution in [2.75, 3.05) is 11.9 Å². The molecule has 2 heterocycles. The fourth-order valence-corrected chi connectivity index (χ4v) is 2.68. The molecule has 0 aliphatic carbocycles. The van der Waals surface area contributed by atoms with Gasteiger partial charge in [0.2, 0.25) is 0 Å². The van der Waals surface area contributed by atoms with E-state index in [-0.39, 0.29) is 6.03 Å². The number of nitrogens with one attached hydrogen (secondary N) is 1. The maximum Gasteiger partial charge on any atom is 0.326 e. The summed E-state index contributed by atoms with van der Waals surface area (Å²) < 4.78 is 0. The van der Waals surface area contributed by atoms with Crippen molar-refractivity contribution < 1.29 is 14.7 Å². The third-order valence-electron chi connectivity index (χ3n) is 3.72. The van der Waals surface area contributed by atoms with E-state index in [2.05, 4.69) is 10.3 Å². The minimum atomic E-state index is -0.956. The van der Waals surface area contributed by atoms with Gasteiger partial charge in [-0.25, -0.2) is 9.59 Å². The number of fused-ring (bicyclic) bond motifs is 1. The molecule has 0 bridgehead atoms. The van der Waals surface area contributed by atoms with Gasteiger partial charge >= 0.3 is 12.0 Å². The van der Waals surface area contributed by atoms with E-state index in [9.17, 15) is 9.59 Å². The topological polar surface area (TPSA) is 82.5 Å². The van der Waals surface area contributed by atoms with Crippen molar-refractivity contribution in [3.63, 3.8) is 0 Å². The normalized spacial score (nSPS) is 17.9. The number of rotatable bonds is 2. The van der Waals surface area contributed by atoms with Gasteiger partial charge in [0.1, 0.15) is 6.04 Å². The number of nitrogens with zero attached hydrogens (tertiary/aromatic N) is 2. The average molecular weight is 285 g/mol. The molecule has 6 nitrogen and oxygen atoms in total. The lowest BCUT2D eigenvalue weighted by molar-refractivity contribution is -0.141. The zero-order chi connectivity index (χ0) is 14.8. The summed E-state index contributed by atoms with van der Waals surface area (Å²) in [6.07, 6.45) is 4.58. The molecule has 1 aliphatic heterocycles. The molecule has 108 valence electrons. The lowest BCUT2D eigenvalue weighted by Gasteiger charge is -2.22. The standard InChI is InChI=1S/C15H15N3O3/c19-14(20)13-5-2-8-18(13)15(21)17-12-4-1-3-10-6-7-16-9-11(10)12/h1,3-4,6-7,9,13H,2,5,8H2,(H,17,21)(H,19,20)/t13-/m0/s1. The minimum absolute atomic E-state index is 0.378. The molecule has 1 atom stereocenters. The molecule has 2 aromatic rings. The second-order valence-electron chi connectivity index (χ2n) is 5.02. The predicted octanol–water partition coefficient (Wildman–Crippen LogP) is 2.32. The fraction of sp³-hybridized carbons (Fsp3) is 0.267. The largest absolute Gasteiger partial charge is 0.480 e. The molecule has 0 spiro atoms. The number of likely N-dealkylation sites (tertiary alicyclic amines) is 1. The second kappa shape index (κ2) is 5.40. The summed E-state index contributed by atoms with van der Waals surface area (Å²) in [7, 11) is 0. The highest BCUT2D eigenvalue weighted by atomic mass is 16.4. The van der Waals surface area contributed by atoms with Crippen LogP contribution in [-0.4, -0.2) is 39.6 Å². The molecule has 0 unspecified atom stereocenters. The monoisotopic (exact) mass is 285 g/mol. The third kappa shape index (κ3) is 2.52. The number of carboxylic acids is 1. The van der Waals surface area contributed by atoms with Crippen molar-refractivity contribution in [1.29, 1.82) is 0 Å². The van der Waals surface area contributed by atoms with Crippen LogP contribution in [0.5, 0.6) is 0 Å². The first-order chi connectivity index (χ1) is 10.2. The lowest BCUT2D eigenvalue weighted by atomic mass is 10.1. The fourth-order valence-electron chi connectivity index (χ4n) is 2.68. The van der Waals surface area contributed by atoms with Gasteiger partial charge in [-0.15, -0.1) is 0 Å². The Bertz CT molecular complexity index is 696. The van der Waals surface area contributed by atoms with Gasteiger partial charge in [-0.2, -0.15) is 0 Å². The number of aliphatic carboxylic acids is 1. The van der Waals surface area contributed by atoms with Gasteiger partial charge in [0.05, 0.1) is 5.69 Å². The van der Waals surface area contributed by atoms with Crippen LogP contribution in [0.25, 0.3) is 10.8 Å². The second-order valence-corrected chi connectivity index (χ2v) is 5.02. The van der Waals surface area contributed by atoms with E-state index in [4.69, 9.17) is 5.11 Å². The Morgan fingerprint density at radius 1 is 1.33 bits per heavy atom. The van der Waals surface area contributed by atoms with Crippen LogP contribution in [0.3, 0.4) is 0 Å². The molecule has 0 saturated carbocycles. The molecule has 2 N–H and O–H groups in total. The van der Waals surface area contributed by atoms with E-state index < -0.39 is 12.0 Å². The molecule has 1 aromatic carbocycles. The van der Waals surface area contributed by atoms with Crippen LogP contribution < -0.4 is 5.32 Å². The van der Waals surface area contributed by atoms with E-state index in [0.717, 1.165) is 10.8 Å². The van der Waals surface area contributed by atoms with Crippen LogP contribution >= 0.6 is 0 Å². The molecular formula is C15H15N3O3. The van der Waals surface area contributed by atoms with Gasteiger partial charge < -0.3 is 15.3 Å². The van der Waals surface area contributed by atoms with Gasteiger partial charge in [0, 0.05) is 24.3 Å². The number of hydrogen-bond acceptors (Lipinski definition) is 3. The smallest absolute Gasteiger partial charge is 0.326 e. The summed E-state index contributed by atoms with van der Waals surface area (Å²) in [6.45, 7) is 0.464. The maximum absolute atomic E-state index is 12.3. The maximum atomic E-state index is 12.3. The van der Waals surface area contributed by atoms with E-state index in [0.29, 0.717) is 25.1 Å². The summed E-state index contributed by atoms with van der Waals surface area (Å²) >= 11 is 0. The van der Waals surface area contributed by atoms with Crippen LogP contribution in [-0.2, 0) is 4.79 Å². The molecule has 1 saturated heterocycles. The first-order valence-corrected chi connectivity index (χ1v) is 6.80. The number of carboxylic acid groups (broad SMARTS) is 1. The Hall–Kier alpha value is -2.63. The van der Waals surface area contributed by atoms with Crippen molar-refractivity contribution in [2.45, 2.75) is 18.9 Å². The summed E-state index contributed by atoms with van der Waals surface area (Å²) in [4.78, 5) is 28.9. The Morgan fingerprint density at radius 3 is 3.00 bits per heavy atom. The van der Waals surface area contributed by atoms with Gasteiger partial charge in [-0.3, -0.25) is 4.98 Å². The van der Waals surface area contributed by atoms with Crippen molar-refractivity contribution in [3.8, 4) is 0 Å². The number of urea groups is 1. The third-order valence-corrected chi connectivity index (χ3v) is 3.72. The number of benzene rings is 1. The Balaban J connectivity index is 1.85. The molecule has 1 aliphatic rings. The molecule has 0 radical (unpaired) electrons. The summed E-state index contributed by atoms with van der Waals surface area (Å²) in [5.41, 5.74) is 0.640. The molecule has 2 amide bonds. The number of amides is 2. The molecule has 6 heteroatoms. The number of carbonyl (C=O) groups is 2. The predicted molar refractivity (Wildman–Crippen MR) is 78.1 cm³/mol. The number of aromatic nitrogens is 1. The molecule has 1 aromatic heterocycles. The van der Waals surface area contributed by atoms with Crippen LogP contribution in [0, 0.1) is 0 Å². The number of carbonyl (C=O) groups excluding carboxylic acids is 1. The van der Waals surface area contributed by atoms with Gasteiger partial charge in [0.25, 0.3) is 0 Å². The quantitative estimate of drug-likeness (QED) is 0.887. The van der Waals surface area contributed by atoms with Crippen molar-refractivity contribution in [2.24, 2.45) is 0 Å². The highest BCUT2D eigenvalue weighted by molar-refractivity contribution is 6.02. The first kappa shape index (κ1) is 13.4. The molecule has 3 rings (SSSR count). The SMILES string of the molecule is O=C(O)[C@@H]1CCCN1C(=O)Nc1cccc2ccncc12. The highest BCUT2D eigenvalue weighted by Gasteiger charge is 2.34. The molecule has 1 fully saturated rings. The number of pyridine rings is 1. The van der Waals surface area contributed by atoms with Gasteiger partial charge in [-0.1, -0.05) is 12.1 Å². The number of hydrogen-bond donors (Lipinski definition) is 2. The molecular weight excluding hydrogens is 270 g/mol. The van der Waals surface area contributed by atoms with Crippen molar-refractivity contribution in [3.05, 3.63) is 36.7 Å². The van der Waals surface area contributed by atoms with E-state index in [1.54, 1.807) is 18.5 Å². The van der Waals surface area contributed by atoms with Gasteiger partial charge in [0.15, 0.2) is 0 Å². The van der Waals surface area contributed by atoms with Crippen LogP contribution in [0.4, 0.5) is 10.5 Å². The molecule has 21 heavy (non-hydrogen) atoms. The number of anilines is 1. The Kier molecular flexibility index (Phi) is 3.43. The van der Waals surface area contributed by atoms with Gasteiger partial charge in [-0.05, 0) is 30.4 Å². The van der Waals surface area contributed by atoms with E-state index in [1.807, 2.05) is 18.2 Å². The zero-order valence-corrected chi connectivity index (χ0v) is 11.3. The highest BCUT2D eigenvalue weighted by Crippen LogP contribution is 2.24. The van der Waals surface area contributed by atoms with Crippen LogP contribution in [0.15, 0.2) is 36.7 Å². The van der Waals surface area contributed by atoms with Crippen LogP contribution in [0.1, 0.15) is 12.8 Å². The van der Waals surface area contributed by atoms with E-state index >= 15 is 0 Å². The average Bonchev–Trinajstić information content (AvgIpc) is 2.97.